The van der Waals surface area contributed by atoms with Gasteiger partial charge in [-0.15, -0.1) is 22.7 Å². The number of rotatable bonds is 6. The van der Waals surface area contributed by atoms with Crippen molar-refractivity contribution in [3.63, 3.8) is 0 Å². The largest absolute Gasteiger partial charge is 0.351 e. The Balaban J connectivity index is 1.41. The lowest BCUT2D eigenvalue weighted by Gasteiger charge is -2.02. The number of amides is 2. The lowest BCUT2D eigenvalue weighted by Crippen LogP contribution is -2.17. The molecule has 1 aromatic carbocycles. The van der Waals surface area contributed by atoms with Gasteiger partial charge in [-0.1, -0.05) is 5.16 Å². The maximum atomic E-state index is 12.5. The Bertz CT molecular complexity index is 1190. The molecule has 0 spiro atoms. The summed E-state index contributed by atoms with van der Waals surface area (Å²) < 4.78 is 5.13. The molecule has 30 heavy (non-hydrogen) atoms. The zero-order valence-electron chi connectivity index (χ0n) is 16.1. The smallest absolute Gasteiger partial charge is 0.257 e. The third-order valence-corrected chi connectivity index (χ3v) is 5.94. The SMILES string of the molecule is CC(=O)NCc1ccc(-c2csc(NC(=O)c3ccc(-c4nc(C)no4)cc3)n2)s1. The topological polar surface area (TPSA) is 110 Å². The van der Waals surface area contributed by atoms with E-state index in [2.05, 4.69) is 25.8 Å². The van der Waals surface area contributed by atoms with Crippen LogP contribution in [0.4, 0.5) is 5.13 Å². The third kappa shape index (κ3) is 4.61. The minimum Gasteiger partial charge on any atom is -0.351 e. The standard InChI is InChI=1S/C20H17N5O3S2/c1-11-22-19(28-25-11)14-5-3-13(4-6-14)18(27)24-20-23-16(10-29-20)17-8-7-15(30-17)9-21-12(2)26/h3-8,10H,9H2,1-2H3,(H,21,26)(H,23,24,27). The molecule has 2 N–H and O–H groups in total. The zero-order valence-corrected chi connectivity index (χ0v) is 17.8. The van der Waals surface area contributed by atoms with Crippen LogP contribution < -0.4 is 10.6 Å². The van der Waals surface area contributed by atoms with E-state index in [-0.39, 0.29) is 11.8 Å². The van der Waals surface area contributed by atoms with E-state index in [0.717, 1.165) is 21.0 Å². The van der Waals surface area contributed by atoms with Gasteiger partial charge < -0.3 is 9.84 Å². The van der Waals surface area contributed by atoms with Crippen molar-refractivity contribution in [2.75, 3.05) is 5.32 Å². The summed E-state index contributed by atoms with van der Waals surface area (Å²) in [6.45, 7) is 3.73. The van der Waals surface area contributed by atoms with Crippen LogP contribution in [0.3, 0.4) is 0 Å². The van der Waals surface area contributed by atoms with Gasteiger partial charge >= 0.3 is 0 Å². The highest BCUT2D eigenvalue weighted by atomic mass is 32.1. The predicted molar refractivity (Wildman–Crippen MR) is 115 cm³/mol. The highest BCUT2D eigenvalue weighted by Crippen LogP contribution is 2.31. The van der Waals surface area contributed by atoms with Crippen LogP contribution in [-0.4, -0.2) is 26.9 Å². The Hall–Kier alpha value is -3.37. The van der Waals surface area contributed by atoms with Gasteiger partial charge in [-0.3, -0.25) is 14.9 Å². The van der Waals surface area contributed by atoms with Crippen molar-refractivity contribution in [1.82, 2.24) is 20.4 Å². The van der Waals surface area contributed by atoms with E-state index in [9.17, 15) is 9.59 Å². The van der Waals surface area contributed by atoms with Gasteiger partial charge in [-0.25, -0.2) is 4.98 Å². The van der Waals surface area contributed by atoms with Crippen LogP contribution in [0.25, 0.3) is 22.0 Å². The molecule has 3 aromatic heterocycles. The van der Waals surface area contributed by atoms with Crippen molar-refractivity contribution >= 4 is 39.6 Å². The van der Waals surface area contributed by atoms with Crippen molar-refractivity contribution in [1.29, 1.82) is 0 Å². The molecule has 0 aliphatic heterocycles. The summed E-state index contributed by atoms with van der Waals surface area (Å²) in [4.78, 5) is 34.3. The summed E-state index contributed by atoms with van der Waals surface area (Å²) in [5, 5.41) is 11.8. The molecule has 0 saturated carbocycles. The van der Waals surface area contributed by atoms with E-state index in [0.29, 0.717) is 29.0 Å². The van der Waals surface area contributed by atoms with Gasteiger partial charge in [0.05, 0.1) is 17.1 Å². The fourth-order valence-electron chi connectivity index (χ4n) is 2.61. The zero-order chi connectivity index (χ0) is 21.1. The number of thiazole rings is 1. The minimum atomic E-state index is -0.248. The van der Waals surface area contributed by atoms with Gasteiger partial charge in [0.25, 0.3) is 11.8 Å². The number of hydrogen-bond acceptors (Lipinski definition) is 8. The molecule has 4 aromatic rings. The van der Waals surface area contributed by atoms with E-state index in [1.165, 1.54) is 18.3 Å². The van der Waals surface area contributed by atoms with E-state index < -0.39 is 0 Å². The Morgan fingerprint density at radius 3 is 2.60 bits per heavy atom. The molecule has 8 nitrogen and oxygen atoms in total. The fraction of sp³-hybridized carbons (Fsp3) is 0.150. The molecule has 152 valence electrons. The van der Waals surface area contributed by atoms with E-state index in [1.54, 1.807) is 42.5 Å². The molecule has 0 fully saturated rings. The van der Waals surface area contributed by atoms with Crippen LogP contribution in [0.2, 0.25) is 0 Å². The highest BCUT2D eigenvalue weighted by Gasteiger charge is 2.13. The normalized spacial score (nSPS) is 10.7. The van der Waals surface area contributed by atoms with Crippen LogP contribution in [0.5, 0.6) is 0 Å². The van der Waals surface area contributed by atoms with Gasteiger partial charge in [0.15, 0.2) is 11.0 Å². The van der Waals surface area contributed by atoms with Crippen LogP contribution in [0.15, 0.2) is 46.3 Å². The predicted octanol–water partition coefficient (Wildman–Crippen LogP) is 4.12. The van der Waals surface area contributed by atoms with Gasteiger partial charge in [0, 0.05) is 28.3 Å². The van der Waals surface area contributed by atoms with Gasteiger partial charge in [-0.2, -0.15) is 4.98 Å². The fourth-order valence-corrected chi connectivity index (χ4v) is 4.30. The molecule has 0 aliphatic carbocycles. The lowest BCUT2D eigenvalue weighted by molar-refractivity contribution is -0.119. The molecule has 0 atom stereocenters. The van der Waals surface area contributed by atoms with Crippen molar-refractivity contribution in [3.05, 3.63) is 58.0 Å². The van der Waals surface area contributed by atoms with Crippen LogP contribution >= 0.6 is 22.7 Å². The second-order valence-corrected chi connectivity index (χ2v) is 8.42. The van der Waals surface area contributed by atoms with Crippen molar-refractivity contribution in [2.45, 2.75) is 20.4 Å². The Morgan fingerprint density at radius 1 is 1.10 bits per heavy atom. The van der Waals surface area contributed by atoms with Crippen LogP contribution in [0, 0.1) is 6.92 Å². The Labute approximate surface area is 180 Å². The third-order valence-electron chi connectivity index (χ3n) is 4.07. The first-order valence-electron chi connectivity index (χ1n) is 8.99. The van der Waals surface area contributed by atoms with Gasteiger partial charge in [0.1, 0.15) is 0 Å². The minimum absolute atomic E-state index is 0.0659. The quantitative estimate of drug-likeness (QED) is 0.468. The molecule has 0 unspecified atom stereocenters. The molecule has 10 heteroatoms. The molecule has 0 bridgehead atoms. The van der Waals surface area contributed by atoms with Gasteiger partial charge in [-0.05, 0) is 43.3 Å². The van der Waals surface area contributed by atoms with Gasteiger partial charge in [0.2, 0.25) is 5.91 Å². The maximum absolute atomic E-state index is 12.5. The number of aromatic nitrogens is 3. The maximum Gasteiger partial charge on any atom is 0.257 e. The number of nitrogens with zero attached hydrogens (tertiary/aromatic N) is 3. The summed E-state index contributed by atoms with van der Waals surface area (Å²) in [6, 6.07) is 10.8. The van der Waals surface area contributed by atoms with Crippen molar-refractivity contribution in [3.8, 4) is 22.0 Å². The number of anilines is 1. The molecular formula is C20H17N5O3S2. The highest BCUT2D eigenvalue weighted by molar-refractivity contribution is 7.17. The Kier molecular flexibility index (Phi) is 5.68. The summed E-state index contributed by atoms with van der Waals surface area (Å²) in [5.41, 5.74) is 2.04. The second-order valence-electron chi connectivity index (χ2n) is 6.39. The summed E-state index contributed by atoms with van der Waals surface area (Å²) in [5.74, 6) is 0.655. The number of aryl methyl sites for hydroxylation is 1. The summed E-state index contributed by atoms with van der Waals surface area (Å²) in [7, 11) is 0. The number of benzene rings is 1. The first-order chi connectivity index (χ1) is 14.5. The van der Waals surface area contributed by atoms with Crippen molar-refractivity contribution in [2.24, 2.45) is 0 Å². The average Bonchev–Trinajstić information content (AvgIpc) is 3.47. The molecule has 2 amide bonds. The van der Waals surface area contributed by atoms with Crippen molar-refractivity contribution < 1.29 is 14.1 Å². The van der Waals surface area contributed by atoms with Crippen LogP contribution in [-0.2, 0) is 11.3 Å². The molecule has 0 saturated heterocycles. The van der Waals surface area contributed by atoms with E-state index in [1.807, 2.05) is 17.5 Å². The first kappa shape index (κ1) is 19.9. The first-order valence-corrected chi connectivity index (χ1v) is 10.7. The lowest BCUT2D eigenvalue weighted by atomic mass is 10.1. The van der Waals surface area contributed by atoms with E-state index >= 15 is 0 Å². The molecular weight excluding hydrogens is 422 g/mol. The number of thiophene rings is 1. The summed E-state index contributed by atoms with van der Waals surface area (Å²) in [6.07, 6.45) is 0. The van der Waals surface area contributed by atoms with Crippen LogP contribution in [0.1, 0.15) is 28.0 Å². The van der Waals surface area contributed by atoms with E-state index in [4.69, 9.17) is 4.52 Å². The Morgan fingerprint density at radius 2 is 1.90 bits per heavy atom. The monoisotopic (exact) mass is 439 g/mol. The number of hydrogen-bond donors (Lipinski definition) is 2. The molecule has 3 heterocycles. The summed E-state index contributed by atoms with van der Waals surface area (Å²) >= 11 is 2.91. The molecule has 0 aliphatic rings. The number of nitrogens with one attached hydrogen (secondary N) is 2. The number of carbonyl (C=O) groups excluding carboxylic acids is 2. The number of carbonyl (C=O) groups is 2. The average molecular weight is 440 g/mol. The molecule has 4 rings (SSSR count). The molecule has 0 radical (unpaired) electrons. The second kappa shape index (κ2) is 8.56.